The van der Waals surface area contributed by atoms with Gasteiger partial charge >= 0.3 is 0 Å². The van der Waals surface area contributed by atoms with Crippen molar-refractivity contribution in [3.63, 3.8) is 0 Å². The first kappa shape index (κ1) is 11.8. The number of aromatic hydroxyl groups is 1. The van der Waals surface area contributed by atoms with E-state index in [0.29, 0.717) is 29.2 Å². The van der Waals surface area contributed by atoms with Crippen molar-refractivity contribution in [2.75, 3.05) is 0 Å². The van der Waals surface area contributed by atoms with Gasteiger partial charge in [0, 0.05) is 5.39 Å². The first-order valence-electron chi connectivity index (χ1n) is 5.71. The highest BCUT2D eigenvalue weighted by molar-refractivity contribution is 5.91. The van der Waals surface area contributed by atoms with Crippen LogP contribution in [0.1, 0.15) is 25.0 Å². The topological polar surface area (TPSA) is 20.2 Å². The number of rotatable bonds is 2. The van der Waals surface area contributed by atoms with Gasteiger partial charge in [-0.05, 0) is 47.6 Å². The van der Waals surface area contributed by atoms with Crippen molar-refractivity contribution in [2.24, 2.45) is 0 Å². The third-order valence-electron chi connectivity index (χ3n) is 3.08. The van der Waals surface area contributed by atoms with Crippen LogP contribution in [0.3, 0.4) is 0 Å². The third kappa shape index (κ3) is 1.75. The molecule has 1 nitrogen and oxygen atoms in total. The summed E-state index contributed by atoms with van der Waals surface area (Å²) >= 11 is 0. The number of hydrogen-bond acceptors (Lipinski definition) is 1. The molecule has 17 heavy (non-hydrogen) atoms. The van der Waals surface area contributed by atoms with Crippen molar-refractivity contribution >= 4 is 10.8 Å². The molecule has 0 bridgehead atoms. The summed E-state index contributed by atoms with van der Waals surface area (Å²) in [6.07, 6.45) is 1.13. The zero-order valence-corrected chi connectivity index (χ0v) is 9.85. The molecule has 90 valence electrons. The molecule has 2 aromatic carbocycles. The summed E-state index contributed by atoms with van der Waals surface area (Å²) in [6.45, 7) is 3.73. The summed E-state index contributed by atoms with van der Waals surface area (Å²) < 4.78 is 27.5. The Morgan fingerprint density at radius 1 is 1.12 bits per heavy atom. The second kappa shape index (κ2) is 4.32. The van der Waals surface area contributed by atoms with Gasteiger partial charge < -0.3 is 5.11 Å². The van der Waals surface area contributed by atoms with E-state index in [1.54, 1.807) is 0 Å². The molecule has 0 saturated carbocycles. The van der Waals surface area contributed by atoms with E-state index in [4.69, 9.17) is 0 Å². The molecule has 2 aromatic rings. The highest BCUT2D eigenvalue weighted by atomic mass is 19.1. The third-order valence-corrected chi connectivity index (χ3v) is 3.08. The molecule has 0 aliphatic carbocycles. The molecule has 0 spiro atoms. The van der Waals surface area contributed by atoms with E-state index in [2.05, 4.69) is 0 Å². The molecular weight excluding hydrogens is 222 g/mol. The van der Waals surface area contributed by atoms with Crippen molar-refractivity contribution < 1.29 is 13.9 Å². The molecule has 3 heteroatoms. The van der Waals surface area contributed by atoms with Crippen LogP contribution in [0.25, 0.3) is 10.8 Å². The highest BCUT2D eigenvalue weighted by Crippen LogP contribution is 2.33. The number of hydrogen-bond donors (Lipinski definition) is 1. The Bertz CT molecular complexity index is 576. The van der Waals surface area contributed by atoms with Crippen LogP contribution in [0.4, 0.5) is 8.78 Å². The molecule has 2 rings (SSSR count). The lowest BCUT2D eigenvalue weighted by Gasteiger charge is -2.12. The van der Waals surface area contributed by atoms with E-state index in [1.807, 2.05) is 13.8 Å². The maximum absolute atomic E-state index is 13.8. The summed E-state index contributed by atoms with van der Waals surface area (Å²) in [4.78, 5) is 0. The largest absolute Gasteiger partial charge is 0.505 e. The van der Waals surface area contributed by atoms with E-state index in [1.165, 1.54) is 18.2 Å². The van der Waals surface area contributed by atoms with Gasteiger partial charge in [-0.25, -0.2) is 8.78 Å². The Morgan fingerprint density at radius 3 is 2.41 bits per heavy atom. The fourth-order valence-corrected chi connectivity index (χ4v) is 2.24. The van der Waals surface area contributed by atoms with Gasteiger partial charge in [-0.15, -0.1) is 0 Å². The summed E-state index contributed by atoms with van der Waals surface area (Å²) in [5.74, 6) is -1.37. The zero-order chi connectivity index (χ0) is 12.6. The average Bonchev–Trinajstić information content (AvgIpc) is 2.33. The lowest BCUT2D eigenvalue weighted by Crippen LogP contribution is -1.96. The second-order valence-corrected chi connectivity index (χ2v) is 4.02. The summed E-state index contributed by atoms with van der Waals surface area (Å²) in [6, 6.07) is 4.03. The van der Waals surface area contributed by atoms with E-state index < -0.39 is 5.82 Å². The maximum atomic E-state index is 13.8. The fraction of sp³-hybridized carbons (Fsp3) is 0.286. The highest BCUT2D eigenvalue weighted by Gasteiger charge is 2.15. The van der Waals surface area contributed by atoms with Crippen LogP contribution in [-0.4, -0.2) is 5.11 Å². The Labute approximate surface area is 98.7 Å². The molecule has 0 heterocycles. The summed E-state index contributed by atoms with van der Waals surface area (Å²) in [5.41, 5.74) is 1.29. The molecule has 0 amide bonds. The normalized spacial score (nSPS) is 11.1. The van der Waals surface area contributed by atoms with Crippen LogP contribution in [0.5, 0.6) is 5.75 Å². The summed E-state index contributed by atoms with van der Waals surface area (Å²) in [7, 11) is 0. The van der Waals surface area contributed by atoms with Crippen molar-refractivity contribution in [2.45, 2.75) is 26.7 Å². The lowest BCUT2D eigenvalue weighted by molar-refractivity contribution is 0.435. The average molecular weight is 236 g/mol. The smallest absolute Gasteiger partial charge is 0.172 e. The minimum absolute atomic E-state index is 0.292. The minimum Gasteiger partial charge on any atom is -0.505 e. The number of halogens is 2. The molecule has 0 aliphatic heterocycles. The van der Waals surface area contributed by atoms with Gasteiger partial charge in [0.2, 0.25) is 0 Å². The molecule has 0 atom stereocenters. The summed E-state index contributed by atoms with van der Waals surface area (Å²) in [5, 5.41) is 10.4. The van der Waals surface area contributed by atoms with Gasteiger partial charge in [-0.3, -0.25) is 0 Å². The van der Waals surface area contributed by atoms with Crippen LogP contribution >= 0.6 is 0 Å². The van der Waals surface area contributed by atoms with Gasteiger partial charge in [-0.2, -0.15) is 0 Å². The maximum Gasteiger partial charge on any atom is 0.172 e. The first-order chi connectivity index (χ1) is 8.10. The quantitative estimate of drug-likeness (QED) is 0.837. The number of phenols is 1. The lowest BCUT2D eigenvalue weighted by atomic mass is 9.95. The van der Waals surface area contributed by atoms with Gasteiger partial charge in [-0.1, -0.05) is 13.8 Å². The van der Waals surface area contributed by atoms with Crippen LogP contribution in [0, 0.1) is 11.6 Å². The second-order valence-electron chi connectivity index (χ2n) is 4.02. The van der Waals surface area contributed by atoms with Crippen molar-refractivity contribution in [3.05, 3.63) is 41.0 Å². The molecule has 0 fully saturated rings. The van der Waals surface area contributed by atoms with Gasteiger partial charge in [0.1, 0.15) is 5.82 Å². The molecular formula is C14H14F2O. The number of phenolic OH excluding ortho intramolecular Hbond substituents is 1. The van der Waals surface area contributed by atoms with Crippen LogP contribution < -0.4 is 0 Å². The van der Waals surface area contributed by atoms with E-state index in [-0.39, 0.29) is 11.6 Å². The zero-order valence-electron chi connectivity index (χ0n) is 9.85. The monoisotopic (exact) mass is 236 g/mol. The van der Waals surface area contributed by atoms with Crippen LogP contribution in [0.15, 0.2) is 18.2 Å². The molecule has 1 N–H and O–H groups in total. The Balaban J connectivity index is 2.98. The molecule has 0 radical (unpaired) electrons. The Hall–Kier alpha value is -1.64. The number of aryl methyl sites for hydroxylation is 2. The van der Waals surface area contributed by atoms with E-state index in [0.717, 1.165) is 5.56 Å². The molecule has 0 aromatic heterocycles. The fourth-order valence-electron chi connectivity index (χ4n) is 2.24. The molecule has 0 saturated heterocycles. The van der Waals surface area contributed by atoms with E-state index in [9.17, 15) is 13.9 Å². The van der Waals surface area contributed by atoms with Crippen LogP contribution in [0.2, 0.25) is 0 Å². The Kier molecular flexibility index (Phi) is 3.01. The van der Waals surface area contributed by atoms with Gasteiger partial charge in [0.25, 0.3) is 0 Å². The van der Waals surface area contributed by atoms with Crippen LogP contribution in [-0.2, 0) is 12.8 Å². The van der Waals surface area contributed by atoms with Crippen molar-refractivity contribution in [1.82, 2.24) is 0 Å². The molecule has 0 aliphatic rings. The first-order valence-corrected chi connectivity index (χ1v) is 5.71. The number of fused-ring (bicyclic) bond motifs is 1. The SMILES string of the molecule is CCc1cc(O)c(F)c2ccc(F)c(CC)c12. The van der Waals surface area contributed by atoms with E-state index >= 15 is 0 Å². The minimum atomic E-state index is -0.674. The molecule has 0 unspecified atom stereocenters. The van der Waals surface area contributed by atoms with Gasteiger partial charge in [0.05, 0.1) is 0 Å². The van der Waals surface area contributed by atoms with Crippen molar-refractivity contribution in [1.29, 1.82) is 0 Å². The number of benzene rings is 2. The predicted octanol–water partition coefficient (Wildman–Crippen LogP) is 3.95. The van der Waals surface area contributed by atoms with Crippen molar-refractivity contribution in [3.8, 4) is 5.75 Å². The standard InChI is InChI=1S/C14H14F2O/c1-3-8-7-12(17)14(16)10-5-6-11(15)9(4-2)13(8)10/h5-7,17H,3-4H2,1-2H3. The van der Waals surface area contributed by atoms with Gasteiger partial charge in [0.15, 0.2) is 11.6 Å². The predicted molar refractivity (Wildman–Crippen MR) is 64.3 cm³/mol. The Morgan fingerprint density at radius 2 is 1.82 bits per heavy atom.